The summed E-state index contributed by atoms with van der Waals surface area (Å²) in [6, 6.07) is 6.52. The van der Waals surface area contributed by atoms with Gasteiger partial charge in [-0.05, 0) is 69.7 Å². The Morgan fingerprint density at radius 3 is 1.92 bits per heavy atom. The van der Waals surface area contributed by atoms with E-state index in [0.717, 1.165) is 6.42 Å². The standard InChI is InChI=1S/C32H42F9NO6/c1-6-27(2,3)26(44)42-22-10-14-24(15-11-22)48-25(43)16-9-21-7-12-23(13-8-21)45-19-20-47-28(4,5)46-18-17-29(33,34)30(35,36)31(37,38)32(39,40)41/h7-9,12-13,16,22,24H,6,10-11,14-15,17-20H2,1-5H3,(H,42,44)/b16-9+. The van der Waals surface area contributed by atoms with E-state index >= 15 is 0 Å². The zero-order chi connectivity index (χ0) is 36.6. The van der Waals surface area contributed by atoms with Gasteiger partial charge in [0, 0.05) is 24.0 Å². The highest BCUT2D eigenvalue weighted by atomic mass is 19.4. The molecule has 0 aromatic heterocycles. The minimum absolute atomic E-state index is 0.0127. The Morgan fingerprint density at radius 1 is 0.812 bits per heavy atom. The first kappa shape index (κ1) is 41.2. The minimum atomic E-state index is -6.96. The van der Waals surface area contributed by atoms with Gasteiger partial charge in [-0.25, -0.2) is 4.79 Å². The highest BCUT2D eigenvalue weighted by Gasteiger charge is 2.81. The average Bonchev–Trinajstić information content (AvgIpc) is 2.98. The second kappa shape index (κ2) is 16.1. The quantitative estimate of drug-likeness (QED) is 0.0580. The summed E-state index contributed by atoms with van der Waals surface area (Å²) in [5.74, 6) is -21.2. The number of esters is 1. The predicted octanol–water partition coefficient (Wildman–Crippen LogP) is 8.11. The lowest BCUT2D eigenvalue weighted by atomic mass is 9.87. The molecule has 0 unspecified atom stereocenters. The lowest BCUT2D eigenvalue weighted by Gasteiger charge is -2.34. The van der Waals surface area contributed by atoms with Gasteiger partial charge in [-0.1, -0.05) is 32.9 Å². The lowest BCUT2D eigenvalue weighted by molar-refractivity contribution is -0.398. The van der Waals surface area contributed by atoms with E-state index in [1.54, 1.807) is 30.3 Å². The second-order valence-electron chi connectivity index (χ2n) is 12.6. The third-order valence-electron chi connectivity index (χ3n) is 7.96. The first-order valence-electron chi connectivity index (χ1n) is 15.3. The van der Waals surface area contributed by atoms with Gasteiger partial charge < -0.3 is 24.3 Å². The van der Waals surface area contributed by atoms with Crippen molar-refractivity contribution in [3.63, 3.8) is 0 Å². The first-order valence-corrected chi connectivity index (χ1v) is 15.3. The molecule has 48 heavy (non-hydrogen) atoms. The van der Waals surface area contributed by atoms with E-state index < -0.39 is 54.1 Å². The number of nitrogens with one attached hydrogen (secondary N) is 1. The first-order chi connectivity index (χ1) is 21.9. The van der Waals surface area contributed by atoms with Crippen molar-refractivity contribution in [1.82, 2.24) is 5.32 Å². The summed E-state index contributed by atoms with van der Waals surface area (Å²) in [5.41, 5.74) is 0.219. The fourth-order valence-corrected chi connectivity index (χ4v) is 4.39. The molecule has 0 heterocycles. The highest BCUT2D eigenvalue weighted by molar-refractivity contribution is 5.87. The lowest BCUT2D eigenvalue weighted by Crippen LogP contribution is -2.61. The molecule has 1 saturated carbocycles. The number of ether oxygens (including phenoxy) is 4. The minimum Gasteiger partial charge on any atom is -0.491 e. The number of carbonyl (C=O) groups is 2. The number of alkyl halides is 9. The van der Waals surface area contributed by atoms with E-state index in [1.807, 2.05) is 20.8 Å². The molecule has 1 aromatic rings. The maximum absolute atomic E-state index is 13.7. The van der Waals surface area contributed by atoms with Crippen LogP contribution >= 0.6 is 0 Å². The molecule has 0 spiro atoms. The molecule has 1 aromatic carbocycles. The largest absolute Gasteiger partial charge is 0.491 e. The van der Waals surface area contributed by atoms with E-state index in [1.165, 1.54) is 19.9 Å². The van der Waals surface area contributed by atoms with Crippen LogP contribution in [0.3, 0.4) is 0 Å². The Hall–Kier alpha value is -3.01. The summed E-state index contributed by atoms with van der Waals surface area (Å²) >= 11 is 0. The third-order valence-corrected chi connectivity index (χ3v) is 7.96. The average molecular weight is 708 g/mol. The SMILES string of the molecule is CCC(C)(C)C(=O)NC1CCC(OC(=O)/C=C/c2ccc(OCCOC(C)(C)OCCC(F)(F)C(F)(F)C(F)(F)C(F)(F)F)cc2)CC1. The Kier molecular flexibility index (Phi) is 13.8. The van der Waals surface area contributed by atoms with E-state index in [9.17, 15) is 49.1 Å². The number of benzene rings is 1. The molecule has 1 amide bonds. The van der Waals surface area contributed by atoms with Gasteiger partial charge in [-0.3, -0.25) is 4.79 Å². The van der Waals surface area contributed by atoms with Crippen LogP contribution in [-0.4, -0.2) is 73.6 Å². The fraction of sp³-hybridized carbons (Fsp3) is 0.688. The van der Waals surface area contributed by atoms with Gasteiger partial charge in [-0.15, -0.1) is 0 Å². The summed E-state index contributed by atoms with van der Waals surface area (Å²) in [6.45, 7) is 6.53. The van der Waals surface area contributed by atoms with Crippen molar-refractivity contribution in [2.75, 3.05) is 19.8 Å². The van der Waals surface area contributed by atoms with E-state index in [0.29, 0.717) is 37.0 Å². The molecule has 1 N–H and O–H groups in total. The van der Waals surface area contributed by atoms with Gasteiger partial charge in [0.25, 0.3) is 0 Å². The smallest absolute Gasteiger partial charge is 0.460 e. The van der Waals surface area contributed by atoms with Crippen LogP contribution < -0.4 is 10.1 Å². The predicted molar refractivity (Wildman–Crippen MR) is 157 cm³/mol. The molecular formula is C32H42F9NO6. The van der Waals surface area contributed by atoms with E-state index in [2.05, 4.69) is 5.32 Å². The van der Waals surface area contributed by atoms with Crippen LogP contribution in [0.4, 0.5) is 39.5 Å². The summed E-state index contributed by atoms with van der Waals surface area (Å²) in [7, 11) is 0. The van der Waals surface area contributed by atoms with Crippen molar-refractivity contribution in [1.29, 1.82) is 0 Å². The summed E-state index contributed by atoms with van der Waals surface area (Å²) < 4.78 is 138. The molecule has 1 fully saturated rings. The summed E-state index contributed by atoms with van der Waals surface area (Å²) in [5, 5.41) is 3.07. The van der Waals surface area contributed by atoms with E-state index in [4.69, 9.17) is 18.9 Å². The summed E-state index contributed by atoms with van der Waals surface area (Å²) in [6.07, 6.45) is -2.99. The number of carbonyl (C=O) groups excluding carboxylic acids is 2. The highest BCUT2D eigenvalue weighted by Crippen LogP contribution is 2.54. The van der Waals surface area contributed by atoms with Crippen LogP contribution in [0, 0.1) is 5.41 Å². The van der Waals surface area contributed by atoms with Crippen LogP contribution in [0.2, 0.25) is 0 Å². The van der Waals surface area contributed by atoms with Crippen LogP contribution in [0.25, 0.3) is 6.08 Å². The number of rotatable bonds is 17. The molecule has 0 atom stereocenters. The zero-order valence-corrected chi connectivity index (χ0v) is 27.3. The van der Waals surface area contributed by atoms with Crippen LogP contribution in [-0.2, 0) is 23.8 Å². The van der Waals surface area contributed by atoms with Crippen LogP contribution in [0.1, 0.15) is 78.7 Å². The van der Waals surface area contributed by atoms with Crippen LogP contribution in [0.15, 0.2) is 30.3 Å². The fourth-order valence-electron chi connectivity index (χ4n) is 4.39. The molecule has 0 saturated heterocycles. The van der Waals surface area contributed by atoms with E-state index in [-0.39, 0.29) is 31.3 Å². The molecule has 274 valence electrons. The number of hydrogen-bond donors (Lipinski definition) is 1. The Labute approximate surface area is 273 Å². The van der Waals surface area contributed by atoms with Gasteiger partial charge in [0.1, 0.15) is 18.5 Å². The van der Waals surface area contributed by atoms with Crippen molar-refractivity contribution >= 4 is 18.0 Å². The monoisotopic (exact) mass is 707 g/mol. The van der Waals surface area contributed by atoms with Gasteiger partial charge in [0.15, 0.2) is 5.79 Å². The zero-order valence-electron chi connectivity index (χ0n) is 27.3. The molecule has 1 aliphatic rings. The molecule has 0 bridgehead atoms. The third kappa shape index (κ3) is 11.3. The molecule has 7 nitrogen and oxygen atoms in total. The molecule has 1 aliphatic carbocycles. The van der Waals surface area contributed by atoms with Gasteiger partial charge in [-0.2, -0.15) is 39.5 Å². The maximum atomic E-state index is 13.7. The molecule has 16 heteroatoms. The van der Waals surface area contributed by atoms with Gasteiger partial charge in [0.2, 0.25) is 5.91 Å². The Morgan fingerprint density at radius 2 is 1.38 bits per heavy atom. The number of halogens is 9. The van der Waals surface area contributed by atoms with Crippen molar-refractivity contribution in [3.8, 4) is 5.75 Å². The molecular weight excluding hydrogens is 665 g/mol. The summed E-state index contributed by atoms with van der Waals surface area (Å²) in [4.78, 5) is 24.7. The number of amides is 1. The van der Waals surface area contributed by atoms with Gasteiger partial charge >= 0.3 is 29.9 Å². The Bertz CT molecular complexity index is 1230. The topological polar surface area (TPSA) is 83.1 Å². The van der Waals surface area contributed by atoms with Crippen molar-refractivity contribution in [3.05, 3.63) is 35.9 Å². The molecule has 0 radical (unpaired) electrons. The normalized spacial score (nSPS) is 18.5. The molecule has 0 aliphatic heterocycles. The maximum Gasteiger partial charge on any atom is 0.460 e. The van der Waals surface area contributed by atoms with Crippen molar-refractivity contribution in [2.24, 2.45) is 5.41 Å². The Balaban J connectivity index is 1.71. The van der Waals surface area contributed by atoms with Gasteiger partial charge in [0.05, 0.1) is 13.2 Å². The number of hydrogen-bond acceptors (Lipinski definition) is 6. The van der Waals surface area contributed by atoms with Crippen molar-refractivity contribution in [2.45, 2.75) is 115 Å². The van der Waals surface area contributed by atoms with Crippen LogP contribution in [0.5, 0.6) is 5.75 Å². The molecule has 2 rings (SSSR count). The van der Waals surface area contributed by atoms with Crippen molar-refractivity contribution < 1.29 is 68.1 Å². The second-order valence-corrected chi connectivity index (χ2v) is 12.6.